The monoisotopic (exact) mass is 644 g/mol. The van der Waals surface area contributed by atoms with Crippen LogP contribution in [0.5, 0.6) is 11.5 Å². The van der Waals surface area contributed by atoms with Crippen LogP contribution in [-0.4, -0.2) is 52.4 Å². The summed E-state index contributed by atoms with van der Waals surface area (Å²) in [4.78, 5) is 41.3. The highest BCUT2D eigenvalue weighted by Crippen LogP contribution is 2.34. The zero-order valence-electron chi connectivity index (χ0n) is 26.3. The molecule has 10 nitrogen and oxygen atoms in total. The lowest BCUT2D eigenvalue weighted by molar-refractivity contribution is -0.139. The summed E-state index contributed by atoms with van der Waals surface area (Å²) in [5, 5.41) is 23.2. The van der Waals surface area contributed by atoms with Crippen molar-refractivity contribution in [3.05, 3.63) is 76.2 Å². The summed E-state index contributed by atoms with van der Waals surface area (Å²) in [5.74, 6) is -1.72. The molecule has 0 aliphatic carbocycles. The van der Waals surface area contributed by atoms with E-state index in [1.165, 1.54) is 50.4 Å². The maximum Gasteiger partial charge on any atom is 0.408 e. The van der Waals surface area contributed by atoms with E-state index in [0.29, 0.717) is 16.8 Å². The minimum absolute atomic E-state index is 0.0363. The molecule has 0 saturated carbocycles. The molecule has 1 amide bonds. The van der Waals surface area contributed by atoms with Gasteiger partial charge >= 0.3 is 12.1 Å². The van der Waals surface area contributed by atoms with E-state index in [-0.39, 0.29) is 46.4 Å². The van der Waals surface area contributed by atoms with Gasteiger partial charge in [-0.1, -0.05) is 11.6 Å². The second-order valence-electron chi connectivity index (χ2n) is 12.3. The minimum Gasteiger partial charge on any atom is -0.493 e. The second-order valence-corrected chi connectivity index (χ2v) is 12.7. The first-order valence-electron chi connectivity index (χ1n) is 14.1. The number of Topliss-reactive ketones (excluding diaryl/α,β-unsaturated/α-hetero) is 1. The molecule has 1 unspecified atom stereocenters. The Morgan fingerprint density at radius 2 is 1.67 bits per heavy atom. The summed E-state index contributed by atoms with van der Waals surface area (Å²) in [6, 6.07) is 11.8. The van der Waals surface area contributed by atoms with Gasteiger partial charge in [-0.2, -0.15) is 0 Å². The number of pyridine rings is 1. The van der Waals surface area contributed by atoms with Crippen LogP contribution < -0.4 is 14.8 Å². The number of ether oxygens (including phenoxy) is 3. The van der Waals surface area contributed by atoms with Crippen molar-refractivity contribution in [2.75, 3.05) is 13.7 Å². The van der Waals surface area contributed by atoms with Gasteiger partial charge in [0.05, 0.1) is 29.1 Å². The number of amides is 1. The number of aromatic nitrogens is 1. The van der Waals surface area contributed by atoms with Gasteiger partial charge in [-0.05, 0) is 102 Å². The zero-order valence-corrected chi connectivity index (χ0v) is 27.0. The summed E-state index contributed by atoms with van der Waals surface area (Å²) in [6.07, 6.45) is -0.774. The maximum atomic E-state index is 14.0. The number of rotatable bonds is 12. The molecular formula is C33H38ClFN2O8. The number of hydrogen-bond acceptors (Lipinski definition) is 8. The van der Waals surface area contributed by atoms with Gasteiger partial charge in [0.15, 0.2) is 23.9 Å². The highest BCUT2D eigenvalue weighted by Gasteiger charge is 2.32. The van der Waals surface area contributed by atoms with Crippen molar-refractivity contribution in [2.24, 2.45) is 0 Å². The lowest BCUT2D eigenvalue weighted by Crippen LogP contribution is -2.44. The predicted molar refractivity (Wildman–Crippen MR) is 166 cm³/mol. The molecule has 0 bridgehead atoms. The minimum atomic E-state index is -1.62. The summed E-state index contributed by atoms with van der Waals surface area (Å²) in [7, 11) is 1.37. The Balaban J connectivity index is 1.94. The smallest absolute Gasteiger partial charge is 0.408 e. The standard InChI is InChI=1S/C33H38ClFN2O8/c1-31(2,3)45-30(41)37-32(4,5)21-16-24(19-8-10-23(35)22(34)14-19)36-28(17-21)33(6,42)13-12-25(38)20-9-11-26(27(15-20)43-7)44-18-29(39)40/h8-11,14-17,42H,12-13,18H2,1-7H3,(H,37,41)(H,39,40). The van der Waals surface area contributed by atoms with Gasteiger partial charge in [0, 0.05) is 17.5 Å². The first-order chi connectivity index (χ1) is 20.8. The second kappa shape index (κ2) is 13.8. The fourth-order valence-corrected chi connectivity index (χ4v) is 4.51. The summed E-state index contributed by atoms with van der Waals surface area (Å²) < 4.78 is 29.8. The van der Waals surface area contributed by atoms with Crippen LogP contribution in [0.15, 0.2) is 48.5 Å². The molecule has 1 heterocycles. The van der Waals surface area contributed by atoms with Gasteiger partial charge in [0.25, 0.3) is 0 Å². The molecule has 2 aromatic carbocycles. The molecule has 3 rings (SSSR count). The molecular weight excluding hydrogens is 607 g/mol. The molecule has 0 aliphatic heterocycles. The number of nitrogens with zero attached hydrogens (tertiary/aromatic N) is 1. The molecule has 0 aliphatic rings. The SMILES string of the molecule is COc1cc(C(=O)CCC(C)(O)c2cc(C(C)(C)NC(=O)OC(C)(C)C)cc(-c3ccc(F)c(Cl)c3)n2)ccc1OCC(=O)O. The number of methoxy groups -OCH3 is 1. The van der Waals surface area contributed by atoms with Crippen molar-refractivity contribution in [2.45, 2.75) is 71.1 Å². The average Bonchev–Trinajstić information content (AvgIpc) is 2.94. The van der Waals surface area contributed by atoms with Crippen molar-refractivity contribution in [1.82, 2.24) is 10.3 Å². The van der Waals surface area contributed by atoms with E-state index in [1.54, 1.807) is 46.8 Å². The van der Waals surface area contributed by atoms with Crippen LogP contribution >= 0.6 is 11.6 Å². The van der Waals surface area contributed by atoms with Gasteiger partial charge in [-0.15, -0.1) is 0 Å². The van der Waals surface area contributed by atoms with Crippen LogP contribution in [-0.2, 0) is 20.7 Å². The molecule has 12 heteroatoms. The third kappa shape index (κ3) is 9.63. The van der Waals surface area contributed by atoms with E-state index in [4.69, 9.17) is 30.9 Å². The number of aliphatic carboxylic acids is 1. The Bertz CT molecular complexity index is 1580. The maximum absolute atomic E-state index is 14.0. The lowest BCUT2D eigenvalue weighted by atomic mass is 9.87. The molecule has 0 fully saturated rings. The Kier molecular flexibility index (Phi) is 10.8. The van der Waals surface area contributed by atoms with Crippen molar-refractivity contribution in [3.63, 3.8) is 0 Å². The van der Waals surface area contributed by atoms with Crippen molar-refractivity contribution < 1.29 is 43.2 Å². The summed E-state index contributed by atoms with van der Waals surface area (Å²) in [6.45, 7) is 9.70. The Morgan fingerprint density at radius 3 is 2.27 bits per heavy atom. The quantitative estimate of drug-likeness (QED) is 0.185. The number of carboxylic acids is 1. The van der Waals surface area contributed by atoms with Crippen LogP contribution in [0.1, 0.15) is 76.0 Å². The molecule has 1 atom stereocenters. The van der Waals surface area contributed by atoms with Gasteiger partial charge < -0.3 is 29.7 Å². The molecule has 0 radical (unpaired) electrons. The number of carbonyl (C=O) groups excluding carboxylic acids is 2. The third-order valence-corrected chi connectivity index (χ3v) is 7.09. The number of carboxylic acid groups (broad SMARTS) is 1. The average molecular weight is 645 g/mol. The van der Waals surface area contributed by atoms with Crippen LogP contribution in [0.3, 0.4) is 0 Å². The number of ketones is 1. The van der Waals surface area contributed by atoms with Crippen LogP contribution in [0.4, 0.5) is 9.18 Å². The largest absolute Gasteiger partial charge is 0.493 e. The number of nitrogens with one attached hydrogen (secondary N) is 1. The number of hydrogen-bond donors (Lipinski definition) is 3. The Morgan fingerprint density at radius 1 is 0.978 bits per heavy atom. The van der Waals surface area contributed by atoms with E-state index in [1.807, 2.05) is 0 Å². The highest BCUT2D eigenvalue weighted by atomic mass is 35.5. The number of halogens is 2. The van der Waals surface area contributed by atoms with Gasteiger partial charge in [-0.3, -0.25) is 4.79 Å². The zero-order chi connectivity index (χ0) is 33.7. The molecule has 0 spiro atoms. The van der Waals surface area contributed by atoms with Crippen LogP contribution in [0.25, 0.3) is 11.3 Å². The molecule has 1 aromatic heterocycles. The number of aliphatic hydroxyl groups is 1. The predicted octanol–water partition coefficient (Wildman–Crippen LogP) is 6.64. The molecule has 0 saturated heterocycles. The fourth-order valence-electron chi connectivity index (χ4n) is 4.33. The molecule has 45 heavy (non-hydrogen) atoms. The molecule has 3 aromatic rings. The Hall–Kier alpha value is -4.22. The van der Waals surface area contributed by atoms with Gasteiger partial charge in [0.2, 0.25) is 0 Å². The van der Waals surface area contributed by atoms with Crippen LogP contribution in [0.2, 0.25) is 5.02 Å². The summed E-state index contributed by atoms with van der Waals surface area (Å²) in [5.41, 5.74) is -1.49. The summed E-state index contributed by atoms with van der Waals surface area (Å²) >= 11 is 6.05. The van der Waals surface area contributed by atoms with E-state index >= 15 is 0 Å². The number of benzene rings is 2. The Labute approximate surface area is 266 Å². The van der Waals surface area contributed by atoms with Gasteiger partial charge in [0.1, 0.15) is 17.0 Å². The van der Waals surface area contributed by atoms with Crippen molar-refractivity contribution in [3.8, 4) is 22.8 Å². The molecule has 242 valence electrons. The fraction of sp³-hybridized carbons (Fsp3) is 0.394. The highest BCUT2D eigenvalue weighted by molar-refractivity contribution is 6.31. The number of carbonyl (C=O) groups is 3. The topological polar surface area (TPSA) is 144 Å². The first kappa shape index (κ1) is 35.3. The van der Waals surface area contributed by atoms with Crippen molar-refractivity contribution >= 4 is 29.4 Å². The number of alkyl carbamates (subject to hydrolysis) is 1. The van der Waals surface area contributed by atoms with E-state index in [9.17, 15) is 23.9 Å². The van der Waals surface area contributed by atoms with E-state index in [0.717, 1.165) is 0 Å². The van der Waals surface area contributed by atoms with E-state index in [2.05, 4.69) is 10.3 Å². The van der Waals surface area contributed by atoms with Gasteiger partial charge in [-0.25, -0.2) is 19.0 Å². The normalized spacial score (nSPS) is 13.0. The van der Waals surface area contributed by atoms with Crippen LogP contribution in [0, 0.1) is 5.82 Å². The molecule has 3 N–H and O–H groups in total. The third-order valence-electron chi connectivity index (χ3n) is 6.80. The lowest BCUT2D eigenvalue weighted by Gasteiger charge is -2.31. The first-order valence-corrected chi connectivity index (χ1v) is 14.5. The van der Waals surface area contributed by atoms with Crippen molar-refractivity contribution in [1.29, 1.82) is 0 Å². The van der Waals surface area contributed by atoms with E-state index < -0.39 is 41.2 Å².